The summed E-state index contributed by atoms with van der Waals surface area (Å²) in [5.74, 6) is -0.412. The van der Waals surface area contributed by atoms with Gasteiger partial charge in [-0.15, -0.1) is 0 Å². The molecule has 7 nitrogen and oxygen atoms in total. The number of piperazine rings is 1. The van der Waals surface area contributed by atoms with E-state index in [2.05, 4.69) is 16.9 Å². The highest BCUT2D eigenvalue weighted by Crippen LogP contribution is 2.31. The van der Waals surface area contributed by atoms with Crippen molar-refractivity contribution >= 4 is 33.4 Å². The first-order chi connectivity index (χ1) is 16.5. The third-order valence-electron chi connectivity index (χ3n) is 6.53. The van der Waals surface area contributed by atoms with Crippen molar-refractivity contribution in [2.75, 3.05) is 40.3 Å². The number of methoxy groups -OCH3 is 1. The van der Waals surface area contributed by atoms with Crippen LogP contribution in [0.15, 0.2) is 65.6 Å². The molecule has 0 spiro atoms. The second-order valence-corrected chi connectivity index (χ2v) is 8.62. The standard InChI is InChI=1S/C27H25N3O4/c1-29-11-13-30(14-12-29)26(32)18-5-3-17(4-6-18)19-7-8-21-22(15-19)24-20(9-10-28-25(24)31)16-23(21)27(33)34-2/h3-10,15-16H,11-14H2,1-2H3,(H,28,31). The van der Waals surface area contributed by atoms with Gasteiger partial charge in [0.25, 0.3) is 11.5 Å². The molecule has 4 aromatic rings. The fourth-order valence-electron chi connectivity index (χ4n) is 4.57. The van der Waals surface area contributed by atoms with Gasteiger partial charge >= 0.3 is 5.97 Å². The van der Waals surface area contributed by atoms with Gasteiger partial charge in [-0.1, -0.05) is 24.3 Å². The number of aromatic amines is 1. The van der Waals surface area contributed by atoms with E-state index in [1.165, 1.54) is 7.11 Å². The maximum Gasteiger partial charge on any atom is 0.338 e. The van der Waals surface area contributed by atoms with E-state index in [1.54, 1.807) is 18.3 Å². The molecule has 1 aliphatic heterocycles. The van der Waals surface area contributed by atoms with Crippen molar-refractivity contribution in [3.8, 4) is 11.1 Å². The number of ether oxygens (including phenoxy) is 1. The number of hydrogen-bond acceptors (Lipinski definition) is 5. The van der Waals surface area contributed by atoms with Crippen LogP contribution in [0.3, 0.4) is 0 Å². The molecule has 0 atom stereocenters. The minimum absolute atomic E-state index is 0.0402. The van der Waals surface area contributed by atoms with Crippen molar-refractivity contribution in [2.24, 2.45) is 0 Å². The number of likely N-dealkylation sites (N-methyl/N-ethyl adjacent to an activating group) is 1. The van der Waals surface area contributed by atoms with Crippen LogP contribution in [-0.4, -0.2) is 67.0 Å². The van der Waals surface area contributed by atoms with Gasteiger partial charge in [0.1, 0.15) is 0 Å². The zero-order chi connectivity index (χ0) is 23.8. The Bertz CT molecular complexity index is 1470. The maximum absolute atomic E-state index is 12.9. The molecule has 5 rings (SSSR count). The summed E-state index contributed by atoms with van der Waals surface area (Å²) in [6.07, 6.45) is 1.57. The summed E-state index contributed by atoms with van der Waals surface area (Å²) < 4.78 is 4.97. The van der Waals surface area contributed by atoms with Crippen molar-refractivity contribution in [1.82, 2.24) is 14.8 Å². The monoisotopic (exact) mass is 455 g/mol. The summed E-state index contributed by atoms with van der Waals surface area (Å²) in [6.45, 7) is 3.21. The van der Waals surface area contributed by atoms with Crippen LogP contribution < -0.4 is 5.56 Å². The lowest BCUT2D eigenvalue weighted by Crippen LogP contribution is -2.47. The molecule has 3 aromatic carbocycles. The van der Waals surface area contributed by atoms with E-state index in [0.29, 0.717) is 32.7 Å². The van der Waals surface area contributed by atoms with Gasteiger partial charge in [-0.3, -0.25) is 9.59 Å². The quantitative estimate of drug-likeness (QED) is 0.378. The predicted molar refractivity (Wildman–Crippen MR) is 132 cm³/mol. The van der Waals surface area contributed by atoms with E-state index < -0.39 is 5.97 Å². The first kappa shape index (κ1) is 21.9. The molecule has 0 bridgehead atoms. The van der Waals surface area contributed by atoms with Crippen LogP contribution >= 0.6 is 0 Å². The summed E-state index contributed by atoms with van der Waals surface area (Å²) in [4.78, 5) is 44.8. The highest BCUT2D eigenvalue weighted by molar-refractivity contribution is 6.16. The van der Waals surface area contributed by atoms with E-state index in [4.69, 9.17) is 4.74 Å². The second-order valence-electron chi connectivity index (χ2n) is 8.62. The average molecular weight is 456 g/mol. The van der Waals surface area contributed by atoms with Crippen molar-refractivity contribution in [3.63, 3.8) is 0 Å². The van der Waals surface area contributed by atoms with Crippen LogP contribution in [0.4, 0.5) is 0 Å². The average Bonchev–Trinajstić information content (AvgIpc) is 2.87. The number of pyridine rings is 1. The van der Waals surface area contributed by atoms with E-state index in [1.807, 2.05) is 47.4 Å². The molecule has 2 heterocycles. The fraction of sp³-hybridized carbons (Fsp3) is 0.222. The highest BCUT2D eigenvalue weighted by atomic mass is 16.5. The van der Waals surface area contributed by atoms with Crippen molar-refractivity contribution in [3.05, 3.63) is 82.3 Å². The van der Waals surface area contributed by atoms with Crippen LogP contribution in [0.2, 0.25) is 0 Å². The van der Waals surface area contributed by atoms with Gasteiger partial charge in [-0.2, -0.15) is 0 Å². The van der Waals surface area contributed by atoms with E-state index in [0.717, 1.165) is 37.3 Å². The Hall–Kier alpha value is -3.97. The summed E-state index contributed by atoms with van der Waals surface area (Å²) in [7, 11) is 3.40. The number of carbonyl (C=O) groups is 2. The lowest BCUT2D eigenvalue weighted by atomic mass is 9.94. The molecule has 0 saturated carbocycles. The zero-order valence-electron chi connectivity index (χ0n) is 19.1. The Morgan fingerprint density at radius 2 is 1.59 bits per heavy atom. The lowest BCUT2D eigenvalue weighted by Gasteiger charge is -2.32. The van der Waals surface area contributed by atoms with Gasteiger partial charge in [0.15, 0.2) is 0 Å². The summed E-state index contributed by atoms with van der Waals surface area (Å²) >= 11 is 0. The Balaban J connectivity index is 1.56. The van der Waals surface area contributed by atoms with E-state index in [-0.39, 0.29) is 11.5 Å². The largest absolute Gasteiger partial charge is 0.465 e. The molecule has 1 saturated heterocycles. The third-order valence-corrected chi connectivity index (χ3v) is 6.53. The Kier molecular flexibility index (Phi) is 5.63. The molecule has 34 heavy (non-hydrogen) atoms. The molecule has 0 aliphatic carbocycles. The minimum atomic E-state index is -0.452. The molecule has 172 valence electrons. The first-order valence-corrected chi connectivity index (χ1v) is 11.2. The lowest BCUT2D eigenvalue weighted by molar-refractivity contribution is 0.0602. The minimum Gasteiger partial charge on any atom is -0.465 e. The zero-order valence-corrected chi connectivity index (χ0v) is 19.1. The number of esters is 1. The number of benzene rings is 3. The number of nitrogens with one attached hydrogen (secondary N) is 1. The van der Waals surface area contributed by atoms with Crippen LogP contribution in [-0.2, 0) is 4.74 Å². The smallest absolute Gasteiger partial charge is 0.338 e. The maximum atomic E-state index is 12.9. The molecule has 1 aromatic heterocycles. The fourth-order valence-corrected chi connectivity index (χ4v) is 4.57. The van der Waals surface area contributed by atoms with Gasteiger partial charge < -0.3 is 19.5 Å². The molecular weight excluding hydrogens is 430 g/mol. The van der Waals surface area contributed by atoms with Gasteiger partial charge in [0.05, 0.1) is 18.1 Å². The Morgan fingerprint density at radius 1 is 0.882 bits per heavy atom. The van der Waals surface area contributed by atoms with Crippen LogP contribution in [0.1, 0.15) is 20.7 Å². The second kappa shape index (κ2) is 8.76. The molecule has 1 fully saturated rings. The Morgan fingerprint density at radius 3 is 2.29 bits per heavy atom. The number of H-pyrrole nitrogens is 1. The normalized spacial score (nSPS) is 14.5. The molecular formula is C27H25N3O4. The Labute approximate surface area is 196 Å². The van der Waals surface area contributed by atoms with Gasteiger partial charge in [0, 0.05) is 37.9 Å². The number of fused-ring (bicyclic) bond motifs is 3. The molecule has 0 unspecified atom stereocenters. The number of amides is 1. The number of nitrogens with zero attached hydrogens (tertiary/aromatic N) is 2. The number of carbonyl (C=O) groups excluding carboxylic acids is 2. The summed E-state index contributed by atoms with van der Waals surface area (Å²) in [5.41, 5.74) is 2.65. The highest BCUT2D eigenvalue weighted by Gasteiger charge is 2.20. The van der Waals surface area contributed by atoms with Crippen molar-refractivity contribution in [2.45, 2.75) is 0 Å². The van der Waals surface area contributed by atoms with Crippen molar-refractivity contribution < 1.29 is 14.3 Å². The van der Waals surface area contributed by atoms with Gasteiger partial charge in [0.2, 0.25) is 0 Å². The molecule has 1 aliphatic rings. The predicted octanol–water partition coefficient (Wildman–Crippen LogP) is 3.52. The van der Waals surface area contributed by atoms with Crippen LogP contribution in [0, 0.1) is 0 Å². The molecule has 1 amide bonds. The van der Waals surface area contributed by atoms with E-state index >= 15 is 0 Å². The first-order valence-electron chi connectivity index (χ1n) is 11.2. The SMILES string of the molecule is COC(=O)c1cc2cc[nH]c(=O)c2c2cc(-c3ccc(C(=O)N4CCN(C)CC4)cc3)ccc12. The van der Waals surface area contributed by atoms with Gasteiger partial charge in [-0.25, -0.2) is 4.79 Å². The van der Waals surface area contributed by atoms with Crippen LogP contribution in [0.25, 0.3) is 32.7 Å². The summed E-state index contributed by atoms with van der Waals surface area (Å²) in [5, 5.41) is 2.52. The third kappa shape index (κ3) is 3.84. The molecule has 7 heteroatoms. The number of aromatic nitrogens is 1. The van der Waals surface area contributed by atoms with E-state index in [9.17, 15) is 14.4 Å². The molecule has 0 radical (unpaired) electrons. The number of hydrogen-bond donors (Lipinski definition) is 1. The summed E-state index contributed by atoms with van der Waals surface area (Å²) in [6, 6.07) is 16.6. The topological polar surface area (TPSA) is 82.7 Å². The van der Waals surface area contributed by atoms with Gasteiger partial charge in [-0.05, 0) is 64.7 Å². The van der Waals surface area contributed by atoms with Crippen molar-refractivity contribution in [1.29, 1.82) is 0 Å². The molecule has 1 N–H and O–H groups in total. The number of rotatable bonds is 3. The van der Waals surface area contributed by atoms with Crippen LogP contribution in [0.5, 0.6) is 0 Å².